The third-order valence-electron chi connectivity index (χ3n) is 2.53. The third-order valence-corrected chi connectivity index (χ3v) is 2.53. The zero-order chi connectivity index (χ0) is 14.7. The number of ether oxygens (including phenoxy) is 2. The summed E-state index contributed by atoms with van der Waals surface area (Å²) in [6.45, 7) is 0. The lowest BCUT2D eigenvalue weighted by molar-refractivity contribution is -0.159. The third kappa shape index (κ3) is 7.96. The molecular weight excluding hydrogens is 252 g/mol. The van der Waals surface area contributed by atoms with E-state index in [9.17, 15) is 14.4 Å². The molecule has 0 amide bonds. The van der Waals surface area contributed by atoms with Crippen molar-refractivity contribution in [1.82, 2.24) is 0 Å². The molecule has 0 saturated heterocycles. The number of carbonyl (C=O) groups is 3. The van der Waals surface area contributed by atoms with Crippen LogP contribution in [0.1, 0.15) is 32.1 Å². The molecule has 0 heterocycles. The van der Waals surface area contributed by atoms with Crippen LogP contribution < -0.4 is 0 Å². The number of rotatable bonds is 9. The van der Waals surface area contributed by atoms with Crippen molar-refractivity contribution >= 4 is 17.9 Å². The number of aliphatic carboxylic acids is 1. The van der Waals surface area contributed by atoms with Gasteiger partial charge in [0.05, 0.1) is 14.2 Å². The molecule has 6 heteroatoms. The van der Waals surface area contributed by atoms with Crippen molar-refractivity contribution in [2.75, 3.05) is 14.2 Å². The summed E-state index contributed by atoms with van der Waals surface area (Å²) in [5.74, 6) is -2.91. The minimum absolute atomic E-state index is 0.101. The van der Waals surface area contributed by atoms with Crippen LogP contribution in [0.25, 0.3) is 0 Å². The zero-order valence-corrected chi connectivity index (χ0v) is 11.3. The molecule has 0 radical (unpaired) electrons. The van der Waals surface area contributed by atoms with Gasteiger partial charge in [0.1, 0.15) is 0 Å². The molecule has 0 aromatic rings. The number of unbranched alkanes of at least 4 members (excludes halogenated alkanes) is 1. The number of carboxylic acid groups (broad SMARTS) is 1. The Hall–Kier alpha value is -1.85. The van der Waals surface area contributed by atoms with Crippen LogP contribution in [0.5, 0.6) is 0 Å². The number of hydrogen-bond donors (Lipinski definition) is 1. The lowest BCUT2D eigenvalue weighted by Crippen LogP contribution is -2.26. The second-order valence-electron chi connectivity index (χ2n) is 3.93. The summed E-state index contributed by atoms with van der Waals surface area (Å²) in [5.41, 5.74) is 0. The molecule has 0 rings (SSSR count). The normalized spacial score (nSPS) is 10.7. The summed E-state index contributed by atoms with van der Waals surface area (Å²) < 4.78 is 9.07. The van der Waals surface area contributed by atoms with E-state index in [-0.39, 0.29) is 6.42 Å². The van der Waals surface area contributed by atoms with Crippen LogP contribution in [-0.4, -0.2) is 37.2 Å². The van der Waals surface area contributed by atoms with Crippen molar-refractivity contribution in [3.8, 4) is 0 Å². The molecular formula is C13H20O6. The quantitative estimate of drug-likeness (QED) is 0.296. The van der Waals surface area contributed by atoms with Crippen molar-refractivity contribution in [1.29, 1.82) is 0 Å². The number of hydrogen-bond acceptors (Lipinski definition) is 5. The molecule has 0 aliphatic rings. The molecule has 108 valence electrons. The first-order chi connectivity index (χ1) is 9.02. The Bertz CT molecular complexity index is 318. The summed E-state index contributed by atoms with van der Waals surface area (Å²) in [5, 5.41) is 8.43. The number of allylic oxidation sites excluding steroid dienone is 2. The lowest BCUT2D eigenvalue weighted by atomic mass is 10.0. The molecule has 0 bridgehead atoms. The van der Waals surface area contributed by atoms with Crippen molar-refractivity contribution in [2.45, 2.75) is 32.1 Å². The van der Waals surface area contributed by atoms with Gasteiger partial charge in [-0.1, -0.05) is 12.2 Å². The van der Waals surface area contributed by atoms with Gasteiger partial charge in [-0.2, -0.15) is 0 Å². The summed E-state index contributed by atoms with van der Waals surface area (Å²) in [6.07, 6.45) is 5.84. The maximum absolute atomic E-state index is 11.3. The van der Waals surface area contributed by atoms with Gasteiger partial charge in [0.25, 0.3) is 0 Å². The first kappa shape index (κ1) is 17.2. The molecule has 6 nitrogen and oxygen atoms in total. The van der Waals surface area contributed by atoms with Gasteiger partial charge in [-0.05, 0) is 25.7 Å². The van der Waals surface area contributed by atoms with Gasteiger partial charge in [-0.15, -0.1) is 0 Å². The molecule has 0 atom stereocenters. The fourth-order valence-electron chi connectivity index (χ4n) is 1.50. The van der Waals surface area contributed by atoms with Gasteiger partial charge in [-0.3, -0.25) is 14.4 Å². The van der Waals surface area contributed by atoms with E-state index < -0.39 is 23.8 Å². The average molecular weight is 272 g/mol. The minimum atomic E-state index is -0.887. The maximum Gasteiger partial charge on any atom is 0.320 e. The van der Waals surface area contributed by atoms with Crippen LogP contribution in [0.4, 0.5) is 0 Å². The number of carboxylic acids is 1. The van der Waals surface area contributed by atoms with Crippen molar-refractivity contribution in [3.63, 3.8) is 0 Å². The molecule has 0 saturated carbocycles. The topological polar surface area (TPSA) is 89.9 Å². The first-order valence-electron chi connectivity index (χ1n) is 6.05. The zero-order valence-electron chi connectivity index (χ0n) is 11.3. The molecule has 0 aliphatic carbocycles. The van der Waals surface area contributed by atoms with Crippen molar-refractivity contribution in [3.05, 3.63) is 12.2 Å². The fourth-order valence-corrected chi connectivity index (χ4v) is 1.50. The van der Waals surface area contributed by atoms with E-state index in [4.69, 9.17) is 5.11 Å². The van der Waals surface area contributed by atoms with E-state index in [1.807, 2.05) is 6.08 Å². The number of methoxy groups -OCH3 is 2. The second-order valence-corrected chi connectivity index (χ2v) is 3.93. The van der Waals surface area contributed by atoms with Crippen LogP contribution in [0, 0.1) is 5.92 Å². The Morgan fingerprint density at radius 3 is 2.05 bits per heavy atom. The van der Waals surface area contributed by atoms with Crippen LogP contribution in [0.3, 0.4) is 0 Å². The summed E-state index contributed by atoms with van der Waals surface area (Å²) in [4.78, 5) is 33.0. The van der Waals surface area contributed by atoms with Gasteiger partial charge in [-0.25, -0.2) is 0 Å². The standard InChI is InChI=1S/C13H20O6/c1-18-12(16)10(13(17)19-2)8-6-4-3-5-7-9-11(14)15/h3,5,10H,4,6-9H2,1-2H3,(H,14,15)/b5-3+. The van der Waals surface area contributed by atoms with Gasteiger partial charge in [0, 0.05) is 6.42 Å². The molecule has 1 N–H and O–H groups in total. The van der Waals surface area contributed by atoms with Gasteiger partial charge >= 0.3 is 17.9 Å². The average Bonchev–Trinajstić information content (AvgIpc) is 2.40. The van der Waals surface area contributed by atoms with E-state index in [0.29, 0.717) is 25.7 Å². The van der Waals surface area contributed by atoms with Crippen LogP contribution in [-0.2, 0) is 23.9 Å². The first-order valence-corrected chi connectivity index (χ1v) is 6.05. The SMILES string of the molecule is COC(=O)C(CCC/C=C/CCC(=O)O)C(=O)OC. The Kier molecular flexibility index (Phi) is 9.12. The van der Waals surface area contributed by atoms with E-state index in [1.165, 1.54) is 14.2 Å². The molecule has 0 aromatic heterocycles. The molecule has 0 aliphatic heterocycles. The van der Waals surface area contributed by atoms with E-state index >= 15 is 0 Å². The Labute approximate surface area is 112 Å². The monoisotopic (exact) mass is 272 g/mol. The molecule has 0 spiro atoms. The van der Waals surface area contributed by atoms with Crippen LogP contribution in [0.15, 0.2) is 12.2 Å². The predicted octanol–water partition coefficient (Wildman–Crippen LogP) is 1.54. The molecule has 0 unspecified atom stereocenters. The fraction of sp³-hybridized carbons (Fsp3) is 0.615. The maximum atomic E-state index is 11.3. The largest absolute Gasteiger partial charge is 0.481 e. The Morgan fingerprint density at radius 1 is 1.05 bits per heavy atom. The summed E-state index contributed by atoms with van der Waals surface area (Å²) >= 11 is 0. The van der Waals surface area contributed by atoms with Gasteiger partial charge < -0.3 is 14.6 Å². The minimum Gasteiger partial charge on any atom is -0.481 e. The van der Waals surface area contributed by atoms with E-state index in [1.54, 1.807) is 6.08 Å². The highest BCUT2D eigenvalue weighted by molar-refractivity contribution is 5.94. The molecule has 0 fully saturated rings. The Morgan fingerprint density at radius 2 is 1.58 bits per heavy atom. The van der Waals surface area contributed by atoms with E-state index in [0.717, 1.165) is 0 Å². The Balaban J connectivity index is 3.96. The van der Waals surface area contributed by atoms with Crippen LogP contribution in [0.2, 0.25) is 0 Å². The number of carbonyl (C=O) groups excluding carboxylic acids is 2. The highest BCUT2D eigenvalue weighted by atomic mass is 16.5. The molecule has 19 heavy (non-hydrogen) atoms. The predicted molar refractivity (Wildman–Crippen MR) is 67.4 cm³/mol. The van der Waals surface area contributed by atoms with Crippen molar-refractivity contribution < 1.29 is 29.0 Å². The smallest absolute Gasteiger partial charge is 0.320 e. The van der Waals surface area contributed by atoms with Gasteiger partial charge in [0.2, 0.25) is 0 Å². The lowest BCUT2D eigenvalue weighted by Gasteiger charge is -2.11. The number of esters is 2. The summed E-state index contributed by atoms with van der Waals surface area (Å²) in [6, 6.07) is 0. The highest BCUT2D eigenvalue weighted by Crippen LogP contribution is 2.13. The van der Waals surface area contributed by atoms with Crippen molar-refractivity contribution in [2.24, 2.45) is 5.92 Å². The molecule has 0 aromatic carbocycles. The second kappa shape index (κ2) is 10.1. The van der Waals surface area contributed by atoms with Crippen LogP contribution >= 0.6 is 0 Å². The highest BCUT2D eigenvalue weighted by Gasteiger charge is 2.27. The summed E-state index contributed by atoms with van der Waals surface area (Å²) in [7, 11) is 2.45. The van der Waals surface area contributed by atoms with Gasteiger partial charge in [0.15, 0.2) is 5.92 Å². The van der Waals surface area contributed by atoms with E-state index in [2.05, 4.69) is 9.47 Å².